The fraction of sp³-hybridized carbons (Fsp3) is 0.700. The van der Waals surface area contributed by atoms with Crippen LogP contribution in [-0.2, 0) is 32.7 Å². The molecular formula is C20H39F2NOY. The summed E-state index contributed by atoms with van der Waals surface area (Å²) in [4.78, 5) is 1.81. The molecule has 0 unspecified atom stereocenters. The molecule has 2 rings (SSSR count). The molecule has 0 saturated carbocycles. The number of ether oxygens (including phenoxy) is 1. The first-order valence-electron chi connectivity index (χ1n) is 7.51. The van der Waals surface area contributed by atoms with E-state index in [1.54, 1.807) is 12.0 Å². The van der Waals surface area contributed by atoms with Crippen molar-refractivity contribution in [3.05, 3.63) is 29.8 Å². The van der Waals surface area contributed by atoms with Crippen LogP contribution in [0.25, 0.3) is 0 Å². The molecule has 1 heterocycles. The number of alkyl halides is 2. The van der Waals surface area contributed by atoms with Crippen molar-refractivity contribution in [2.75, 3.05) is 20.2 Å². The first-order chi connectivity index (χ1) is 9.75. The molecule has 1 fully saturated rings. The maximum absolute atomic E-state index is 12.5. The van der Waals surface area contributed by atoms with Crippen molar-refractivity contribution < 1.29 is 46.2 Å². The van der Waals surface area contributed by atoms with E-state index >= 15 is 0 Å². The summed E-state index contributed by atoms with van der Waals surface area (Å²) < 4.78 is 30.1. The molecule has 0 atom stereocenters. The van der Waals surface area contributed by atoms with Crippen molar-refractivity contribution in [1.29, 1.82) is 0 Å². The molecule has 1 aliphatic heterocycles. The van der Waals surface area contributed by atoms with Crippen molar-refractivity contribution >= 4 is 0 Å². The van der Waals surface area contributed by atoms with E-state index in [0.29, 0.717) is 12.5 Å². The number of benzene rings is 1. The van der Waals surface area contributed by atoms with Gasteiger partial charge in [0.2, 0.25) is 0 Å². The smallest absolute Gasteiger partial charge is 0.261 e. The van der Waals surface area contributed by atoms with Crippen molar-refractivity contribution in [3.63, 3.8) is 0 Å². The molecule has 1 aromatic carbocycles. The maximum Gasteiger partial charge on any atom is 0.261 e. The molecular weight excluding hydrogens is 397 g/mol. The molecule has 5 heteroatoms. The summed E-state index contributed by atoms with van der Waals surface area (Å²) in [5.74, 6) is -0.911. The van der Waals surface area contributed by atoms with Gasteiger partial charge in [-0.05, 0) is 37.5 Å². The molecule has 0 spiro atoms. The molecule has 147 valence electrons. The van der Waals surface area contributed by atoms with Gasteiger partial charge in [0.1, 0.15) is 5.75 Å². The number of hydrogen-bond donors (Lipinski definition) is 0. The fourth-order valence-electron chi connectivity index (χ4n) is 2.20. The van der Waals surface area contributed by atoms with Crippen LogP contribution in [0.5, 0.6) is 5.75 Å². The third-order valence-corrected chi connectivity index (χ3v) is 3.69. The molecule has 0 aromatic heterocycles. The Morgan fingerprint density at radius 2 is 1.64 bits per heavy atom. The van der Waals surface area contributed by atoms with Crippen LogP contribution in [0.3, 0.4) is 0 Å². The summed E-state index contributed by atoms with van der Waals surface area (Å²) in [6.07, 6.45) is 0.0329. The Labute approximate surface area is 180 Å². The summed E-state index contributed by atoms with van der Waals surface area (Å²) in [5.41, 5.74) is 1.32. The van der Waals surface area contributed by atoms with E-state index in [4.69, 9.17) is 4.74 Å². The summed E-state index contributed by atoms with van der Waals surface area (Å²) in [6.45, 7) is 8.74. The van der Waals surface area contributed by atoms with Crippen LogP contribution in [0.15, 0.2) is 24.3 Å². The van der Waals surface area contributed by atoms with E-state index in [0.717, 1.165) is 5.75 Å². The second kappa shape index (κ2) is 15.0. The maximum atomic E-state index is 12.5. The largest absolute Gasteiger partial charge is 0.497 e. The molecule has 2 nitrogen and oxygen atoms in total. The van der Waals surface area contributed by atoms with Crippen molar-refractivity contribution in [3.8, 4) is 5.75 Å². The topological polar surface area (TPSA) is 12.5 Å². The van der Waals surface area contributed by atoms with Crippen LogP contribution in [0.4, 0.5) is 8.78 Å². The Morgan fingerprint density at radius 1 is 1.08 bits per heavy atom. The van der Waals surface area contributed by atoms with E-state index in [1.807, 2.05) is 26.0 Å². The first-order valence-corrected chi connectivity index (χ1v) is 7.51. The summed E-state index contributed by atoms with van der Waals surface area (Å²) in [5, 5.41) is 0. The Kier molecular flexibility index (Phi) is 19.6. The van der Waals surface area contributed by atoms with Crippen LogP contribution in [0.2, 0.25) is 0 Å². The summed E-state index contributed by atoms with van der Waals surface area (Å²) in [6, 6.07) is 8.44. The molecule has 0 bridgehead atoms. The van der Waals surface area contributed by atoms with Crippen molar-refractivity contribution in [1.82, 2.24) is 4.90 Å². The van der Waals surface area contributed by atoms with Gasteiger partial charge in [-0.25, -0.2) is 8.78 Å². The molecule has 1 saturated heterocycles. The standard InChI is InChI=1S/C10H14O.C7H13F2N.3CH4.Y/c1-8(2)9-5-4-6-10(7-9)11-3;1-6(2)10-4-3-7(8,9)5-10;;;;/h4-8H,1-3H3;6H,3-5H2,1-2H3;3*1H4;. The van der Waals surface area contributed by atoms with Crippen molar-refractivity contribution in [2.24, 2.45) is 0 Å². The van der Waals surface area contributed by atoms with Gasteiger partial charge in [0.15, 0.2) is 0 Å². The second-order valence-corrected chi connectivity index (χ2v) is 6.10. The van der Waals surface area contributed by atoms with E-state index in [9.17, 15) is 8.78 Å². The van der Waals surface area contributed by atoms with Crippen LogP contribution in [-0.4, -0.2) is 37.1 Å². The average Bonchev–Trinajstić information content (AvgIpc) is 2.80. The summed E-state index contributed by atoms with van der Waals surface area (Å²) >= 11 is 0. The van der Waals surface area contributed by atoms with Crippen LogP contribution in [0.1, 0.15) is 67.9 Å². The molecule has 1 aliphatic rings. The van der Waals surface area contributed by atoms with Gasteiger partial charge in [0.05, 0.1) is 13.7 Å². The molecule has 0 amide bonds. The van der Waals surface area contributed by atoms with Crippen LogP contribution in [0, 0.1) is 0 Å². The normalized spacial score (nSPS) is 14.9. The predicted octanol–water partition coefficient (Wildman–Crippen LogP) is 6.46. The third-order valence-electron chi connectivity index (χ3n) is 3.69. The Balaban J connectivity index is -0.000000152. The molecule has 25 heavy (non-hydrogen) atoms. The monoisotopic (exact) mass is 436 g/mol. The molecule has 0 aliphatic carbocycles. The number of hydrogen-bond acceptors (Lipinski definition) is 2. The minimum atomic E-state index is -2.43. The fourth-order valence-corrected chi connectivity index (χ4v) is 2.20. The number of nitrogens with zero attached hydrogens (tertiary/aromatic N) is 1. The van der Waals surface area contributed by atoms with Gasteiger partial charge in [-0.3, -0.25) is 4.90 Å². The predicted molar refractivity (Wildman–Crippen MR) is 104 cm³/mol. The third kappa shape index (κ3) is 12.0. The number of likely N-dealkylation sites (tertiary alicyclic amines) is 1. The Morgan fingerprint density at radius 3 is 1.96 bits per heavy atom. The van der Waals surface area contributed by atoms with Crippen LogP contribution >= 0.6 is 0 Å². The quantitative estimate of drug-likeness (QED) is 0.539. The zero-order valence-electron chi connectivity index (χ0n) is 14.3. The number of rotatable bonds is 3. The first kappa shape index (κ1) is 32.6. The minimum Gasteiger partial charge on any atom is -0.497 e. The van der Waals surface area contributed by atoms with Gasteiger partial charge in [-0.1, -0.05) is 48.3 Å². The summed E-state index contributed by atoms with van der Waals surface area (Å²) in [7, 11) is 1.69. The van der Waals surface area contributed by atoms with Gasteiger partial charge in [-0.15, -0.1) is 0 Å². The van der Waals surface area contributed by atoms with Gasteiger partial charge >= 0.3 is 0 Å². The average molecular weight is 436 g/mol. The van der Waals surface area contributed by atoms with Gasteiger partial charge < -0.3 is 4.74 Å². The van der Waals surface area contributed by atoms with Gasteiger partial charge in [0, 0.05) is 51.7 Å². The molecule has 0 N–H and O–H groups in total. The zero-order valence-corrected chi connectivity index (χ0v) is 17.1. The van der Waals surface area contributed by atoms with E-state index in [-0.39, 0.29) is 74.0 Å². The van der Waals surface area contributed by atoms with E-state index in [2.05, 4.69) is 26.0 Å². The second-order valence-electron chi connectivity index (χ2n) is 6.10. The molecule has 1 aromatic rings. The Bertz CT molecular complexity index is 439. The van der Waals surface area contributed by atoms with E-state index < -0.39 is 5.92 Å². The zero-order chi connectivity index (χ0) is 16.0. The number of halogens is 2. The van der Waals surface area contributed by atoms with Crippen LogP contribution < -0.4 is 4.74 Å². The SMILES string of the molecule is C.C.C.CC(C)N1CCC(F)(F)C1.COc1cccc(C(C)C)c1.[Y]. The number of methoxy groups -OCH3 is 1. The van der Waals surface area contributed by atoms with Gasteiger partial charge in [0.25, 0.3) is 5.92 Å². The van der Waals surface area contributed by atoms with E-state index in [1.165, 1.54) is 5.56 Å². The van der Waals surface area contributed by atoms with Gasteiger partial charge in [-0.2, -0.15) is 0 Å². The molecule has 1 radical (unpaired) electrons. The van der Waals surface area contributed by atoms with Crippen molar-refractivity contribution in [2.45, 2.75) is 74.3 Å². The Hall–Kier alpha value is -0.0561. The minimum absolute atomic E-state index is 0.